The van der Waals surface area contributed by atoms with Crippen LogP contribution in [-0.2, 0) is 0 Å². The number of carbonyl (C=O) groups is 3. The van der Waals surface area contributed by atoms with Crippen LogP contribution in [-0.4, -0.2) is 63.8 Å². The molecule has 1 aromatic carbocycles. The number of nitrogens with zero attached hydrogens (tertiary/aromatic N) is 6. The van der Waals surface area contributed by atoms with Crippen molar-refractivity contribution in [1.82, 2.24) is 30.6 Å². The maximum absolute atomic E-state index is 11.9. The van der Waals surface area contributed by atoms with E-state index in [1.807, 2.05) is 0 Å². The Morgan fingerprint density at radius 1 is 0.778 bits per heavy atom. The van der Waals surface area contributed by atoms with Crippen LogP contribution in [0.1, 0.15) is 31.2 Å². The zero-order valence-electron chi connectivity index (χ0n) is 13.0. The second-order valence-corrected chi connectivity index (χ2v) is 5.33. The van der Waals surface area contributed by atoms with Gasteiger partial charge in [0.1, 0.15) is 27.6 Å². The molecule has 132 valence electrons. The summed E-state index contributed by atoms with van der Waals surface area (Å²) in [4.78, 5) is 43.2. The van der Waals surface area contributed by atoms with Gasteiger partial charge in [0.25, 0.3) is 0 Å². The molecule has 3 N–H and O–H groups in total. The van der Waals surface area contributed by atoms with E-state index in [1.165, 1.54) is 18.3 Å². The first-order chi connectivity index (χ1) is 12.9. The van der Waals surface area contributed by atoms with E-state index < -0.39 is 34.7 Å². The number of carboxylic acids is 3. The molecule has 0 bridgehead atoms. The van der Waals surface area contributed by atoms with Gasteiger partial charge >= 0.3 is 17.9 Å². The molecule has 0 fully saturated rings. The average molecular weight is 366 g/mol. The van der Waals surface area contributed by atoms with E-state index in [0.29, 0.717) is 0 Å². The van der Waals surface area contributed by atoms with Crippen LogP contribution in [0, 0.1) is 0 Å². The fourth-order valence-corrected chi connectivity index (χ4v) is 2.93. The Balaban J connectivity index is 2.45. The lowest BCUT2D eigenvalue weighted by Gasteiger charge is -2.12. The molecule has 3 heterocycles. The quantitative estimate of drug-likeness (QED) is 0.429. The molecule has 0 saturated carbocycles. The van der Waals surface area contributed by atoms with Gasteiger partial charge in [0.05, 0.1) is 5.56 Å². The maximum Gasteiger partial charge on any atom is 0.355 e. The van der Waals surface area contributed by atoms with Crippen molar-refractivity contribution in [3.63, 3.8) is 0 Å². The first kappa shape index (κ1) is 16.1. The predicted molar refractivity (Wildman–Crippen MR) is 86.6 cm³/mol. The minimum Gasteiger partial charge on any atom is -0.478 e. The molecule has 4 rings (SSSR count). The van der Waals surface area contributed by atoms with Gasteiger partial charge in [0.2, 0.25) is 0 Å². The lowest BCUT2D eigenvalue weighted by atomic mass is 9.96. The van der Waals surface area contributed by atoms with Crippen LogP contribution >= 0.6 is 0 Å². The summed E-state index contributed by atoms with van der Waals surface area (Å²) >= 11 is 0. The molecule has 27 heavy (non-hydrogen) atoms. The summed E-state index contributed by atoms with van der Waals surface area (Å²) in [6.45, 7) is 0. The second kappa shape index (κ2) is 5.59. The first-order valence-electron chi connectivity index (χ1n) is 7.21. The van der Waals surface area contributed by atoms with E-state index in [-0.39, 0.29) is 32.8 Å². The molecule has 0 aliphatic heterocycles. The van der Waals surface area contributed by atoms with E-state index >= 15 is 0 Å². The SMILES string of the molecule is O=C(O)c1nc2c3nnnnc3c3ncccc3c2c(C(=O)O)c1C(=O)O. The molecule has 12 nitrogen and oxygen atoms in total. The van der Waals surface area contributed by atoms with Crippen LogP contribution in [0.15, 0.2) is 18.3 Å². The third kappa shape index (κ3) is 2.20. The van der Waals surface area contributed by atoms with E-state index in [4.69, 9.17) is 0 Å². The van der Waals surface area contributed by atoms with Crippen molar-refractivity contribution in [2.45, 2.75) is 0 Å². The summed E-state index contributed by atoms with van der Waals surface area (Å²) < 4.78 is 0. The molecular weight excluding hydrogens is 360 g/mol. The fourth-order valence-electron chi connectivity index (χ4n) is 2.93. The molecule has 12 heteroatoms. The largest absolute Gasteiger partial charge is 0.478 e. The molecule has 4 aromatic rings. The highest BCUT2D eigenvalue weighted by Crippen LogP contribution is 2.34. The summed E-state index contributed by atoms with van der Waals surface area (Å²) in [6, 6.07) is 3.00. The van der Waals surface area contributed by atoms with Crippen molar-refractivity contribution in [2.75, 3.05) is 0 Å². The molecule has 0 spiro atoms. The molecule has 0 radical (unpaired) electrons. The lowest BCUT2D eigenvalue weighted by molar-refractivity contribution is 0.0631. The Hall–Kier alpha value is -4.35. The number of fused-ring (bicyclic) bond motifs is 6. The standard InChI is InChI=1S/C15H6N6O6/c22-13(23)6-5-4-2-1-3-16-8(4)11-12(19-21-20-18-11)9(5)17-10(15(26)27)7(6)14(24)25/h1-3H,(H,22,23)(H,24,25)(H,26,27). The van der Waals surface area contributed by atoms with Gasteiger partial charge in [-0.05, 0) is 16.5 Å². The summed E-state index contributed by atoms with van der Waals surface area (Å²) in [5.74, 6) is -5.08. The highest BCUT2D eigenvalue weighted by Gasteiger charge is 2.31. The smallest absolute Gasteiger partial charge is 0.355 e. The molecule has 0 aliphatic rings. The van der Waals surface area contributed by atoms with Crippen molar-refractivity contribution in [2.24, 2.45) is 0 Å². The van der Waals surface area contributed by atoms with E-state index in [2.05, 4.69) is 30.6 Å². The minimum absolute atomic E-state index is 0.0480. The van der Waals surface area contributed by atoms with Crippen molar-refractivity contribution in [3.8, 4) is 0 Å². The third-order valence-corrected chi connectivity index (χ3v) is 3.91. The number of aromatic nitrogens is 6. The van der Waals surface area contributed by atoms with Gasteiger partial charge in [-0.3, -0.25) is 4.98 Å². The third-order valence-electron chi connectivity index (χ3n) is 3.91. The number of aromatic carboxylic acids is 3. The Kier molecular flexibility index (Phi) is 3.34. The van der Waals surface area contributed by atoms with Gasteiger partial charge in [-0.25, -0.2) is 19.4 Å². The number of pyridine rings is 2. The second-order valence-electron chi connectivity index (χ2n) is 5.33. The average Bonchev–Trinajstić information content (AvgIpc) is 2.66. The number of hydrogen-bond donors (Lipinski definition) is 3. The van der Waals surface area contributed by atoms with Crippen molar-refractivity contribution in [3.05, 3.63) is 35.2 Å². The highest BCUT2D eigenvalue weighted by molar-refractivity contribution is 6.27. The van der Waals surface area contributed by atoms with Gasteiger partial charge in [-0.1, -0.05) is 6.07 Å². The summed E-state index contributed by atoms with van der Waals surface area (Å²) in [5, 5.41) is 43.0. The minimum atomic E-state index is -1.74. The zero-order chi connectivity index (χ0) is 19.3. The van der Waals surface area contributed by atoms with Crippen molar-refractivity contribution >= 4 is 50.7 Å². The van der Waals surface area contributed by atoms with Gasteiger partial charge in [0.15, 0.2) is 5.69 Å². The molecule has 0 saturated heterocycles. The van der Waals surface area contributed by atoms with Gasteiger partial charge < -0.3 is 15.3 Å². The first-order valence-corrected chi connectivity index (χ1v) is 7.21. The molecular formula is C15H6N6O6. The Morgan fingerprint density at radius 2 is 1.41 bits per heavy atom. The lowest BCUT2D eigenvalue weighted by Crippen LogP contribution is -2.18. The Labute approximate surface area is 147 Å². The van der Waals surface area contributed by atoms with Crippen LogP contribution < -0.4 is 0 Å². The van der Waals surface area contributed by atoms with Crippen LogP contribution in [0.25, 0.3) is 32.8 Å². The monoisotopic (exact) mass is 366 g/mol. The molecule has 0 unspecified atom stereocenters. The van der Waals surface area contributed by atoms with Crippen molar-refractivity contribution < 1.29 is 29.7 Å². The molecule has 0 aliphatic carbocycles. The number of rotatable bonds is 3. The summed E-state index contributed by atoms with van der Waals surface area (Å²) in [5.41, 5.74) is -2.51. The maximum atomic E-state index is 11.9. The van der Waals surface area contributed by atoms with Gasteiger partial charge in [0, 0.05) is 17.0 Å². The van der Waals surface area contributed by atoms with Gasteiger partial charge in [-0.15, -0.1) is 10.2 Å². The van der Waals surface area contributed by atoms with Crippen LogP contribution in [0.4, 0.5) is 0 Å². The predicted octanol–water partition coefficient (Wildman–Crippen LogP) is 0.611. The number of hydrogen-bond acceptors (Lipinski definition) is 9. The zero-order valence-corrected chi connectivity index (χ0v) is 13.0. The van der Waals surface area contributed by atoms with E-state index in [1.54, 1.807) is 0 Å². The van der Waals surface area contributed by atoms with Crippen LogP contribution in [0.2, 0.25) is 0 Å². The molecule has 0 amide bonds. The van der Waals surface area contributed by atoms with Crippen LogP contribution in [0.5, 0.6) is 0 Å². The van der Waals surface area contributed by atoms with Crippen molar-refractivity contribution in [1.29, 1.82) is 0 Å². The molecule has 0 atom stereocenters. The Morgan fingerprint density at radius 3 is 2.00 bits per heavy atom. The summed E-state index contributed by atoms with van der Waals surface area (Å²) in [6.07, 6.45) is 1.42. The topological polar surface area (TPSA) is 189 Å². The Bertz CT molecular complexity index is 1320. The normalized spacial score (nSPS) is 11.1. The molecule has 3 aromatic heterocycles. The fraction of sp³-hybridized carbons (Fsp3) is 0. The highest BCUT2D eigenvalue weighted by atomic mass is 16.4. The van der Waals surface area contributed by atoms with E-state index in [0.717, 1.165) is 0 Å². The number of benzene rings is 1. The number of carboxylic acid groups (broad SMARTS) is 3. The van der Waals surface area contributed by atoms with Gasteiger partial charge in [-0.2, -0.15) is 0 Å². The van der Waals surface area contributed by atoms with E-state index in [9.17, 15) is 29.7 Å². The van der Waals surface area contributed by atoms with Crippen LogP contribution in [0.3, 0.4) is 0 Å². The summed E-state index contributed by atoms with van der Waals surface area (Å²) in [7, 11) is 0.